The molecule has 22 heavy (non-hydrogen) atoms. The molecule has 2 unspecified atom stereocenters. The summed E-state index contributed by atoms with van der Waals surface area (Å²) in [6.45, 7) is 0. The van der Waals surface area contributed by atoms with Crippen molar-refractivity contribution in [2.45, 2.75) is 24.9 Å². The van der Waals surface area contributed by atoms with E-state index < -0.39 is 24.0 Å². The van der Waals surface area contributed by atoms with Crippen LogP contribution in [0.1, 0.15) is 11.4 Å². The number of carbonyl (C=O) groups is 2. The highest BCUT2D eigenvalue weighted by molar-refractivity contribution is 5.71. The average molecular weight is 308 g/mol. The number of carboxylic acid groups (broad SMARTS) is 2. The Labute approximate surface area is 125 Å². The molecule has 2 atom stereocenters. The van der Waals surface area contributed by atoms with E-state index in [4.69, 9.17) is 11.5 Å². The van der Waals surface area contributed by atoms with Crippen molar-refractivity contribution in [3.63, 3.8) is 0 Å². The van der Waals surface area contributed by atoms with Gasteiger partial charge in [0.15, 0.2) is 0 Å². The van der Waals surface area contributed by atoms with Gasteiger partial charge in [0.25, 0.3) is 0 Å². The highest BCUT2D eigenvalue weighted by atomic mass is 16.4. The summed E-state index contributed by atoms with van der Waals surface area (Å²) in [5, 5.41) is 20.3. The molecule has 120 valence electrons. The molecule has 0 aliphatic rings. The molecule has 0 aliphatic heterocycles. The molecule has 0 aliphatic carbocycles. The van der Waals surface area contributed by atoms with Gasteiger partial charge in [-0.05, 0) is 0 Å². The molecule has 10 heteroatoms. The Balaban J connectivity index is 0.000000220. The van der Waals surface area contributed by atoms with Crippen LogP contribution >= 0.6 is 0 Å². The second-order valence-electron chi connectivity index (χ2n) is 4.41. The fourth-order valence-electron chi connectivity index (χ4n) is 1.43. The molecule has 6 N–H and O–H groups in total. The molecular weight excluding hydrogens is 292 g/mol. The minimum absolute atomic E-state index is 0.225. The maximum atomic E-state index is 10.2. The van der Waals surface area contributed by atoms with Gasteiger partial charge in [0.2, 0.25) is 0 Å². The van der Waals surface area contributed by atoms with Crippen LogP contribution in [0.15, 0.2) is 25.0 Å². The van der Waals surface area contributed by atoms with Crippen molar-refractivity contribution >= 4 is 11.9 Å². The van der Waals surface area contributed by atoms with Gasteiger partial charge in [0.05, 0.1) is 24.6 Å². The van der Waals surface area contributed by atoms with E-state index in [9.17, 15) is 19.8 Å². The molecule has 0 radical (unpaired) electrons. The Morgan fingerprint density at radius 3 is 1.55 bits per heavy atom. The van der Waals surface area contributed by atoms with Gasteiger partial charge in [-0.25, -0.2) is 9.97 Å². The fraction of sp³-hybridized carbons (Fsp3) is 0.333. The minimum Gasteiger partial charge on any atom is -0.548 e. The second-order valence-corrected chi connectivity index (χ2v) is 4.41. The zero-order valence-corrected chi connectivity index (χ0v) is 11.6. The van der Waals surface area contributed by atoms with Crippen LogP contribution in [-0.2, 0) is 22.4 Å². The maximum Gasteiger partial charge on any atom is 0.0921 e. The number of carbonyl (C=O) groups excluding carboxylic acids is 2. The number of nitrogens with one attached hydrogen (secondary N) is 2. The number of hydrogen-bond donors (Lipinski definition) is 4. The fourth-order valence-corrected chi connectivity index (χ4v) is 1.43. The highest BCUT2D eigenvalue weighted by Crippen LogP contribution is 1.95. The standard InChI is InChI=1S/2C6H9N3O2/c2*7-5(6(10)11)1-4-2-8-3-9-4/h2*2-3,5H,1,7H2,(H,8,9)(H,10,11)/p-2. The predicted molar refractivity (Wildman–Crippen MR) is 70.5 cm³/mol. The van der Waals surface area contributed by atoms with E-state index in [1.54, 1.807) is 0 Å². The van der Waals surface area contributed by atoms with Crippen LogP contribution < -0.4 is 21.7 Å². The zero-order valence-electron chi connectivity index (χ0n) is 11.6. The Hall–Kier alpha value is -2.72. The lowest BCUT2D eigenvalue weighted by Gasteiger charge is -2.09. The van der Waals surface area contributed by atoms with Crippen molar-refractivity contribution in [3.8, 4) is 0 Å². The Kier molecular flexibility index (Phi) is 6.73. The summed E-state index contributed by atoms with van der Waals surface area (Å²) in [7, 11) is 0. The van der Waals surface area contributed by atoms with Gasteiger partial charge in [0.1, 0.15) is 0 Å². The van der Waals surface area contributed by atoms with Crippen molar-refractivity contribution in [1.82, 2.24) is 19.9 Å². The molecule has 2 aromatic rings. The lowest BCUT2D eigenvalue weighted by atomic mass is 10.2. The number of hydrogen-bond acceptors (Lipinski definition) is 8. The minimum atomic E-state index is -1.25. The van der Waals surface area contributed by atoms with E-state index in [-0.39, 0.29) is 12.8 Å². The third-order valence-electron chi connectivity index (χ3n) is 2.59. The third-order valence-corrected chi connectivity index (χ3v) is 2.59. The number of H-pyrrole nitrogens is 2. The molecule has 0 fully saturated rings. The molecule has 2 heterocycles. The van der Waals surface area contributed by atoms with Crippen LogP contribution in [0.25, 0.3) is 0 Å². The second kappa shape index (κ2) is 8.54. The predicted octanol–water partition coefficient (Wildman–Crippen LogP) is -3.94. The molecule has 0 saturated heterocycles. The van der Waals surface area contributed by atoms with Crippen molar-refractivity contribution in [1.29, 1.82) is 0 Å². The first-order valence-electron chi connectivity index (χ1n) is 6.27. The SMILES string of the molecule is NC(Cc1cnc[nH]1)C(=O)[O-].NC(Cc1cnc[nH]1)C(=O)[O-]. The number of rotatable bonds is 6. The summed E-state index contributed by atoms with van der Waals surface area (Å²) in [5.74, 6) is -2.50. The lowest BCUT2D eigenvalue weighted by Crippen LogP contribution is -2.43. The first-order valence-corrected chi connectivity index (χ1v) is 6.27. The van der Waals surface area contributed by atoms with Gasteiger partial charge in [-0.15, -0.1) is 0 Å². The summed E-state index contributed by atoms with van der Waals surface area (Å²) in [6, 6.07) is -1.93. The number of imidazole rings is 2. The van der Waals surface area contributed by atoms with Gasteiger partial charge < -0.3 is 41.2 Å². The van der Waals surface area contributed by atoms with Gasteiger partial charge in [-0.2, -0.15) is 0 Å². The first kappa shape index (κ1) is 17.3. The molecule has 0 bridgehead atoms. The highest BCUT2D eigenvalue weighted by Gasteiger charge is 2.05. The lowest BCUT2D eigenvalue weighted by molar-refractivity contribution is -0.308. The summed E-state index contributed by atoms with van der Waals surface area (Å²) in [6.07, 6.45) is 6.45. The van der Waals surface area contributed by atoms with Gasteiger partial charge >= 0.3 is 0 Å². The molecule has 0 saturated carbocycles. The zero-order chi connectivity index (χ0) is 16.5. The molecule has 10 nitrogen and oxygen atoms in total. The molecule has 0 aromatic carbocycles. The van der Waals surface area contributed by atoms with E-state index in [1.165, 1.54) is 25.0 Å². The number of aliphatic carboxylic acids is 2. The summed E-state index contributed by atoms with van der Waals surface area (Å²) in [5.41, 5.74) is 11.8. The van der Waals surface area contributed by atoms with Crippen LogP contribution in [-0.4, -0.2) is 44.0 Å². The number of aromatic amines is 2. The summed E-state index contributed by atoms with van der Waals surface area (Å²) >= 11 is 0. The van der Waals surface area contributed by atoms with Crippen molar-refractivity contribution < 1.29 is 19.8 Å². The number of carboxylic acids is 2. The normalized spacial score (nSPS) is 12.8. The van der Waals surface area contributed by atoms with Crippen LogP contribution in [0.4, 0.5) is 0 Å². The quantitative estimate of drug-likeness (QED) is 0.415. The van der Waals surface area contributed by atoms with Crippen LogP contribution in [0.5, 0.6) is 0 Å². The Morgan fingerprint density at radius 1 is 0.955 bits per heavy atom. The van der Waals surface area contributed by atoms with Crippen molar-refractivity contribution in [2.75, 3.05) is 0 Å². The average Bonchev–Trinajstić information content (AvgIpc) is 3.12. The van der Waals surface area contributed by atoms with Crippen molar-refractivity contribution in [2.24, 2.45) is 11.5 Å². The van der Waals surface area contributed by atoms with Crippen LogP contribution in [0.3, 0.4) is 0 Å². The summed E-state index contributed by atoms with van der Waals surface area (Å²) < 4.78 is 0. The Morgan fingerprint density at radius 2 is 1.32 bits per heavy atom. The van der Waals surface area contributed by atoms with E-state index >= 15 is 0 Å². The monoisotopic (exact) mass is 308 g/mol. The Bertz CT molecular complexity index is 516. The van der Waals surface area contributed by atoms with E-state index in [2.05, 4.69) is 19.9 Å². The maximum absolute atomic E-state index is 10.2. The van der Waals surface area contributed by atoms with Crippen LogP contribution in [0, 0.1) is 0 Å². The molecule has 0 spiro atoms. The molecule has 0 amide bonds. The molecular formula is C12H16N6O4-2. The molecule has 2 aromatic heterocycles. The van der Waals surface area contributed by atoms with Crippen LogP contribution in [0.2, 0.25) is 0 Å². The van der Waals surface area contributed by atoms with E-state index in [1.807, 2.05) is 0 Å². The van der Waals surface area contributed by atoms with Gasteiger partial charge in [-0.3, -0.25) is 0 Å². The molecule has 2 rings (SSSR count). The number of aromatic nitrogens is 4. The topological polar surface area (TPSA) is 190 Å². The largest absolute Gasteiger partial charge is 0.548 e. The van der Waals surface area contributed by atoms with Gasteiger partial charge in [-0.1, -0.05) is 0 Å². The smallest absolute Gasteiger partial charge is 0.0921 e. The summed E-state index contributed by atoms with van der Waals surface area (Å²) in [4.78, 5) is 33.2. The van der Waals surface area contributed by atoms with E-state index in [0.717, 1.165) is 0 Å². The van der Waals surface area contributed by atoms with E-state index in [0.29, 0.717) is 11.4 Å². The first-order chi connectivity index (χ1) is 10.4. The number of nitrogens with two attached hydrogens (primary N) is 2. The number of nitrogens with zero attached hydrogens (tertiary/aromatic N) is 2. The third kappa shape index (κ3) is 6.15. The van der Waals surface area contributed by atoms with Crippen molar-refractivity contribution in [3.05, 3.63) is 36.4 Å². The van der Waals surface area contributed by atoms with Gasteiger partial charge in [0, 0.05) is 48.7 Å².